The van der Waals surface area contributed by atoms with Gasteiger partial charge in [0.25, 0.3) is 0 Å². The maximum Gasteiger partial charge on any atom is 0.223 e. The molecule has 2 atom stereocenters. The van der Waals surface area contributed by atoms with E-state index in [1.54, 1.807) is 12.1 Å². The number of hydrogen-bond donors (Lipinski definition) is 2. The predicted molar refractivity (Wildman–Crippen MR) is 82.5 cm³/mol. The first-order chi connectivity index (χ1) is 10.0. The van der Waals surface area contributed by atoms with Crippen molar-refractivity contribution in [3.8, 4) is 5.75 Å². The van der Waals surface area contributed by atoms with Crippen LogP contribution in [0.3, 0.4) is 0 Å². The highest BCUT2D eigenvalue weighted by molar-refractivity contribution is 6.32. The zero-order valence-electron chi connectivity index (χ0n) is 12.3. The fourth-order valence-corrected chi connectivity index (χ4v) is 2.94. The van der Waals surface area contributed by atoms with Crippen molar-refractivity contribution in [2.24, 2.45) is 5.41 Å². The second-order valence-corrected chi connectivity index (χ2v) is 6.26. The van der Waals surface area contributed by atoms with Crippen LogP contribution >= 0.6 is 11.6 Å². The van der Waals surface area contributed by atoms with E-state index in [2.05, 4.69) is 5.32 Å². The molecule has 116 valence electrons. The molecule has 0 aliphatic heterocycles. The molecule has 2 unspecified atom stereocenters. The molecule has 0 saturated heterocycles. The lowest BCUT2D eigenvalue weighted by atomic mass is 9.86. The minimum Gasteiger partial charge on any atom is -0.491 e. The number of aliphatic hydroxyl groups excluding tert-OH is 1. The topological polar surface area (TPSA) is 58.6 Å². The Morgan fingerprint density at radius 3 is 3.00 bits per heavy atom. The molecule has 1 saturated carbocycles. The molecule has 0 heterocycles. The van der Waals surface area contributed by atoms with Gasteiger partial charge in [-0.05, 0) is 25.0 Å². The number of carbonyl (C=O) groups is 1. The van der Waals surface area contributed by atoms with Crippen LogP contribution in [0, 0.1) is 5.41 Å². The molecule has 1 fully saturated rings. The van der Waals surface area contributed by atoms with Crippen molar-refractivity contribution in [1.29, 1.82) is 0 Å². The smallest absolute Gasteiger partial charge is 0.223 e. The SMILES string of the molecule is CC1(CO)CCCC1NC(=O)CCOc1ccccc1Cl. The lowest BCUT2D eigenvalue weighted by Crippen LogP contribution is -2.45. The Bertz CT molecular complexity index is 494. The number of amides is 1. The van der Waals surface area contributed by atoms with Crippen LogP contribution in [0.25, 0.3) is 0 Å². The summed E-state index contributed by atoms with van der Waals surface area (Å²) >= 11 is 5.98. The highest BCUT2D eigenvalue weighted by Crippen LogP contribution is 2.37. The summed E-state index contributed by atoms with van der Waals surface area (Å²) in [5.41, 5.74) is -0.195. The Balaban J connectivity index is 1.77. The Kier molecular flexibility index (Phi) is 5.48. The minimum atomic E-state index is -0.195. The van der Waals surface area contributed by atoms with Gasteiger partial charge in [-0.3, -0.25) is 4.79 Å². The number of para-hydroxylation sites is 1. The van der Waals surface area contributed by atoms with Gasteiger partial charge in [-0.25, -0.2) is 0 Å². The first-order valence-electron chi connectivity index (χ1n) is 7.33. The largest absolute Gasteiger partial charge is 0.491 e. The lowest BCUT2D eigenvalue weighted by molar-refractivity contribution is -0.123. The van der Waals surface area contributed by atoms with Crippen LogP contribution < -0.4 is 10.1 Å². The minimum absolute atomic E-state index is 0.0476. The van der Waals surface area contributed by atoms with Crippen LogP contribution in [-0.4, -0.2) is 30.3 Å². The summed E-state index contributed by atoms with van der Waals surface area (Å²) in [6.45, 7) is 2.41. The molecule has 1 aliphatic carbocycles. The normalized spacial score (nSPS) is 24.8. The van der Waals surface area contributed by atoms with Crippen LogP contribution in [0.5, 0.6) is 5.75 Å². The number of aliphatic hydroxyl groups is 1. The monoisotopic (exact) mass is 311 g/mol. The molecular formula is C16H22ClNO3. The third-order valence-electron chi connectivity index (χ3n) is 4.20. The van der Waals surface area contributed by atoms with Crippen LogP contribution in [0.4, 0.5) is 0 Å². The number of rotatable bonds is 6. The van der Waals surface area contributed by atoms with Gasteiger partial charge in [0.2, 0.25) is 5.91 Å². The van der Waals surface area contributed by atoms with Crippen molar-refractivity contribution in [2.45, 2.75) is 38.6 Å². The molecule has 5 heteroatoms. The van der Waals surface area contributed by atoms with Crippen LogP contribution in [0.1, 0.15) is 32.6 Å². The molecule has 4 nitrogen and oxygen atoms in total. The van der Waals surface area contributed by atoms with E-state index >= 15 is 0 Å². The average molecular weight is 312 g/mol. The Morgan fingerprint density at radius 1 is 1.52 bits per heavy atom. The number of ether oxygens (including phenoxy) is 1. The highest BCUT2D eigenvalue weighted by atomic mass is 35.5. The van der Waals surface area contributed by atoms with Crippen LogP contribution in [0.15, 0.2) is 24.3 Å². The number of benzene rings is 1. The molecule has 1 aromatic rings. The molecular weight excluding hydrogens is 290 g/mol. The molecule has 0 radical (unpaired) electrons. The molecule has 1 aliphatic rings. The highest BCUT2D eigenvalue weighted by Gasteiger charge is 2.38. The van der Waals surface area contributed by atoms with Crippen molar-refractivity contribution in [2.75, 3.05) is 13.2 Å². The zero-order valence-corrected chi connectivity index (χ0v) is 13.0. The van der Waals surface area contributed by atoms with Gasteiger partial charge in [-0.1, -0.05) is 37.1 Å². The maximum absolute atomic E-state index is 12.0. The van der Waals surface area contributed by atoms with E-state index in [0.29, 0.717) is 10.8 Å². The van der Waals surface area contributed by atoms with Crippen molar-refractivity contribution >= 4 is 17.5 Å². The van der Waals surface area contributed by atoms with E-state index in [4.69, 9.17) is 16.3 Å². The van der Waals surface area contributed by atoms with Crippen molar-refractivity contribution in [1.82, 2.24) is 5.32 Å². The van der Waals surface area contributed by atoms with Gasteiger partial charge in [0.05, 0.1) is 24.7 Å². The van der Waals surface area contributed by atoms with Crippen molar-refractivity contribution < 1.29 is 14.6 Å². The standard InChI is InChI=1S/C16H22ClNO3/c1-16(11-19)9-4-7-14(16)18-15(20)8-10-21-13-6-3-2-5-12(13)17/h2-3,5-6,14,19H,4,7-11H2,1H3,(H,18,20). The zero-order chi connectivity index (χ0) is 15.3. The first-order valence-corrected chi connectivity index (χ1v) is 7.70. The summed E-state index contributed by atoms with van der Waals surface area (Å²) in [7, 11) is 0. The molecule has 1 aromatic carbocycles. The van der Waals surface area contributed by atoms with Gasteiger partial charge in [0, 0.05) is 11.5 Å². The summed E-state index contributed by atoms with van der Waals surface area (Å²) in [4.78, 5) is 12.0. The molecule has 21 heavy (non-hydrogen) atoms. The van der Waals surface area contributed by atoms with Crippen LogP contribution in [-0.2, 0) is 4.79 Å². The van der Waals surface area contributed by atoms with E-state index < -0.39 is 0 Å². The Labute approximate surface area is 130 Å². The quantitative estimate of drug-likeness (QED) is 0.849. The Morgan fingerprint density at radius 2 is 2.29 bits per heavy atom. The fraction of sp³-hybridized carbons (Fsp3) is 0.562. The lowest BCUT2D eigenvalue weighted by Gasteiger charge is -2.30. The van der Waals surface area contributed by atoms with E-state index in [0.717, 1.165) is 19.3 Å². The van der Waals surface area contributed by atoms with Crippen molar-refractivity contribution in [3.63, 3.8) is 0 Å². The summed E-state index contributed by atoms with van der Waals surface area (Å²) < 4.78 is 5.51. The van der Waals surface area contributed by atoms with Gasteiger partial charge in [-0.15, -0.1) is 0 Å². The Hall–Kier alpha value is -1.26. The summed E-state index contributed by atoms with van der Waals surface area (Å²) in [6.07, 6.45) is 3.19. The molecule has 0 aromatic heterocycles. The van der Waals surface area contributed by atoms with E-state index in [1.165, 1.54) is 0 Å². The molecule has 0 bridgehead atoms. The van der Waals surface area contributed by atoms with Gasteiger partial charge in [-0.2, -0.15) is 0 Å². The number of carbonyl (C=O) groups excluding carboxylic acids is 1. The molecule has 2 rings (SSSR count). The number of nitrogens with one attached hydrogen (secondary N) is 1. The third kappa shape index (κ3) is 4.11. The van der Waals surface area contributed by atoms with Gasteiger partial charge < -0.3 is 15.2 Å². The van der Waals surface area contributed by atoms with Gasteiger partial charge in [0.1, 0.15) is 5.75 Å². The average Bonchev–Trinajstić information content (AvgIpc) is 2.83. The van der Waals surface area contributed by atoms with Crippen LogP contribution in [0.2, 0.25) is 5.02 Å². The van der Waals surface area contributed by atoms with E-state index in [-0.39, 0.29) is 37.0 Å². The van der Waals surface area contributed by atoms with E-state index in [1.807, 2.05) is 19.1 Å². The molecule has 1 amide bonds. The summed E-state index contributed by atoms with van der Waals surface area (Å²) in [5, 5.41) is 13.0. The molecule has 2 N–H and O–H groups in total. The number of halogens is 1. The second-order valence-electron chi connectivity index (χ2n) is 5.85. The third-order valence-corrected chi connectivity index (χ3v) is 4.51. The first kappa shape index (κ1) is 16.1. The summed E-state index contributed by atoms with van der Waals surface area (Å²) in [5.74, 6) is 0.543. The summed E-state index contributed by atoms with van der Waals surface area (Å²) in [6, 6.07) is 7.25. The predicted octanol–water partition coefficient (Wildman–Crippen LogP) is 2.78. The van der Waals surface area contributed by atoms with Crippen molar-refractivity contribution in [3.05, 3.63) is 29.3 Å². The van der Waals surface area contributed by atoms with Gasteiger partial charge >= 0.3 is 0 Å². The van der Waals surface area contributed by atoms with Gasteiger partial charge in [0.15, 0.2) is 0 Å². The maximum atomic E-state index is 12.0. The van der Waals surface area contributed by atoms with E-state index in [9.17, 15) is 9.90 Å². The molecule has 0 spiro atoms. The number of hydrogen-bond acceptors (Lipinski definition) is 3. The fourth-order valence-electron chi connectivity index (χ4n) is 2.75. The second kappa shape index (κ2) is 7.14.